The van der Waals surface area contributed by atoms with Crippen molar-refractivity contribution < 1.29 is 5.11 Å². The Morgan fingerprint density at radius 1 is 1.11 bits per heavy atom. The lowest BCUT2D eigenvalue weighted by atomic mass is 10.0. The summed E-state index contributed by atoms with van der Waals surface area (Å²) >= 11 is 0. The fourth-order valence-electron chi connectivity index (χ4n) is 2.35. The summed E-state index contributed by atoms with van der Waals surface area (Å²) in [5, 5.41) is 13.3. The first-order valence-electron chi connectivity index (χ1n) is 7.31. The van der Waals surface area contributed by atoms with Crippen molar-refractivity contribution in [3.05, 3.63) is 24.3 Å². The largest absolute Gasteiger partial charge is 0.388 e. The fourth-order valence-corrected chi connectivity index (χ4v) is 2.35. The minimum absolute atomic E-state index is 0.0216. The van der Waals surface area contributed by atoms with Gasteiger partial charge in [0.1, 0.15) is 0 Å². The molecule has 19 heavy (non-hydrogen) atoms. The van der Waals surface area contributed by atoms with E-state index in [-0.39, 0.29) is 6.04 Å². The molecule has 1 atom stereocenters. The highest BCUT2D eigenvalue weighted by molar-refractivity contribution is 5.55. The summed E-state index contributed by atoms with van der Waals surface area (Å²) < 4.78 is 0. The molecule has 0 saturated carbocycles. The summed E-state index contributed by atoms with van der Waals surface area (Å²) in [6, 6.07) is 8.57. The van der Waals surface area contributed by atoms with Gasteiger partial charge in [0.25, 0.3) is 0 Å². The predicted octanol–water partition coefficient (Wildman–Crippen LogP) is 3.25. The van der Waals surface area contributed by atoms with Crippen molar-refractivity contribution in [3.8, 4) is 0 Å². The Bertz CT molecular complexity index is 388. The quantitative estimate of drug-likeness (QED) is 0.874. The van der Waals surface area contributed by atoms with Crippen LogP contribution in [0.15, 0.2) is 24.3 Å². The van der Waals surface area contributed by atoms with Gasteiger partial charge in [-0.1, -0.05) is 0 Å². The molecule has 0 aliphatic carbocycles. The van der Waals surface area contributed by atoms with Crippen molar-refractivity contribution in [1.29, 1.82) is 0 Å². The van der Waals surface area contributed by atoms with Crippen LogP contribution in [-0.2, 0) is 0 Å². The normalized spacial score (nSPS) is 18.2. The monoisotopic (exact) mass is 262 g/mol. The third-order valence-electron chi connectivity index (χ3n) is 4.03. The van der Waals surface area contributed by atoms with Gasteiger partial charge in [-0.25, -0.2) is 0 Å². The predicted molar refractivity (Wildman–Crippen MR) is 81.9 cm³/mol. The van der Waals surface area contributed by atoms with Crippen LogP contribution in [0.2, 0.25) is 0 Å². The molecule has 0 bridgehead atoms. The highest BCUT2D eigenvalue weighted by Gasteiger charge is 2.21. The molecule has 0 spiro atoms. The van der Waals surface area contributed by atoms with Crippen molar-refractivity contribution in [2.24, 2.45) is 0 Å². The lowest BCUT2D eigenvalue weighted by molar-refractivity contribution is 0.0649. The maximum Gasteiger partial charge on any atom is 0.0789 e. The molecule has 1 aromatic carbocycles. The van der Waals surface area contributed by atoms with Gasteiger partial charge in [-0.15, -0.1) is 0 Å². The number of nitrogens with zero attached hydrogens (tertiary/aromatic N) is 1. The van der Waals surface area contributed by atoms with Gasteiger partial charge < -0.3 is 15.3 Å². The molecule has 0 amide bonds. The lowest BCUT2D eigenvalue weighted by Gasteiger charge is -2.30. The van der Waals surface area contributed by atoms with Crippen molar-refractivity contribution in [1.82, 2.24) is 0 Å². The van der Waals surface area contributed by atoms with Crippen molar-refractivity contribution >= 4 is 11.4 Å². The average Bonchev–Trinajstić information content (AvgIpc) is 2.39. The lowest BCUT2D eigenvalue weighted by Crippen LogP contribution is -2.39. The average molecular weight is 262 g/mol. The van der Waals surface area contributed by atoms with Gasteiger partial charge in [0.05, 0.1) is 11.6 Å². The molecule has 3 heteroatoms. The highest BCUT2D eigenvalue weighted by atomic mass is 16.3. The smallest absolute Gasteiger partial charge is 0.0789 e. The number of anilines is 2. The summed E-state index contributed by atoms with van der Waals surface area (Å²) in [5.41, 5.74) is 1.66. The van der Waals surface area contributed by atoms with E-state index in [0.29, 0.717) is 0 Å². The van der Waals surface area contributed by atoms with Crippen LogP contribution in [0.25, 0.3) is 0 Å². The molecule has 1 fully saturated rings. The van der Waals surface area contributed by atoms with Crippen molar-refractivity contribution in [2.45, 2.75) is 51.7 Å². The Morgan fingerprint density at radius 3 is 2.21 bits per heavy atom. The summed E-state index contributed by atoms with van der Waals surface area (Å²) in [4.78, 5) is 2.45. The van der Waals surface area contributed by atoms with E-state index >= 15 is 0 Å². The molecule has 1 unspecified atom stereocenters. The molecule has 3 nitrogen and oxygen atoms in total. The van der Waals surface area contributed by atoms with Crippen molar-refractivity contribution in [3.63, 3.8) is 0 Å². The molecule has 106 valence electrons. The second-order valence-electron chi connectivity index (χ2n) is 6.11. The Balaban J connectivity index is 1.98. The molecule has 1 aliphatic rings. The first-order valence-corrected chi connectivity index (χ1v) is 7.31. The zero-order valence-corrected chi connectivity index (χ0v) is 12.3. The van der Waals surface area contributed by atoms with Gasteiger partial charge in [0.2, 0.25) is 0 Å². The molecule has 1 aliphatic heterocycles. The number of hydrogen-bond donors (Lipinski definition) is 2. The Morgan fingerprint density at radius 2 is 1.68 bits per heavy atom. The molecular weight excluding hydrogens is 236 g/mol. The number of rotatable bonds is 4. The SMILES string of the molecule is CC(Nc1ccc(N2CCCCC2)cc1)C(C)(C)O. The van der Waals surface area contributed by atoms with Crippen LogP contribution in [-0.4, -0.2) is 29.8 Å². The van der Waals surface area contributed by atoms with Crippen LogP contribution in [0.4, 0.5) is 11.4 Å². The van der Waals surface area contributed by atoms with Crippen LogP contribution < -0.4 is 10.2 Å². The van der Waals surface area contributed by atoms with Gasteiger partial charge in [-0.3, -0.25) is 0 Å². The topological polar surface area (TPSA) is 35.5 Å². The van der Waals surface area contributed by atoms with Crippen LogP contribution in [0.3, 0.4) is 0 Å². The number of piperidine rings is 1. The van der Waals surface area contributed by atoms with Gasteiger partial charge in [-0.2, -0.15) is 0 Å². The summed E-state index contributed by atoms with van der Waals surface area (Å²) in [5.74, 6) is 0. The zero-order valence-electron chi connectivity index (χ0n) is 12.3. The van der Waals surface area contributed by atoms with Crippen LogP contribution in [0, 0.1) is 0 Å². The van der Waals surface area contributed by atoms with Crippen molar-refractivity contribution in [2.75, 3.05) is 23.3 Å². The number of benzene rings is 1. The second kappa shape index (κ2) is 5.83. The van der Waals surface area contributed by atoms with E-state index in [1.165, 1.54) is 38.0 Å². The maximum atomic E-state index is 9.94. The highest BCUT2D eigenvalue weighted by Crippen LogP contribution is 2.23. The standard InChI is InChI=1S/C16H26N2O/c1-13(16(2,3)19)17-14-7-9-15(10-8-14)18-11-5-4-6-12-18/h7-10,13,17,19H,4-6,11-12H2,1-3H3. The fraction of sp³-hybridized carbons (Fsp3) is 0.625. The van der Waals surface area contributed by atoms with Crippen LogP contribution in [0.5, 0.6) is 0 Å². The molecular formula is C16H26N2O. The Labute approximate surface area is 116 Å². The van der Waals surface area contributed by atoms with E-state index in [4.69, 9.17) is 0 Å². The van der Waals surface area contributed by atoms with Gasteiger partial charge in [0, 0.05) is 24.5 Å². The minimum atomic E-state index is -0.717. The molecule has 1 heterocycles. The first-order chi connectivity index (χ1) is 8.97. The Kier molecular flexibility index (Phi) is 4.35. The number of nitrogens with one attached hydrogen (secondary N) is 1. The van der Waals surface area contributed by atoms with E-state index in [9.17, 15) is 5.11 Å². The third-order valence-corrected chi connectivity index (χ3v) is 4.03. The maximum absolute atomic E-state index is 9.94. The molecule has 1 saturated heterocycles. The summed E-state index contributed by atoms with van der Waals surface area (Å²) in [6.07, 6.45) is 3.96. The molecule has 0 radical (unpaired) electrons. The van der Waals surface area contributed by atoms with Gasteiger partial charge in [-0.05, 0) is 64.3 Å². The van der Waals surface area contributed by atoms with E-state index in [1.54, 1.807) is 0 Å². The minimum Gasteiger partial charge on any atom is -0.388 e. The van der Waals surface area contributed by atoms with E-state index in [0.717, 1.165) is 5.69 Å². The molecule has 2 N–H and O–H groups in total. The Hall–Kier alpha value is -1.22. The molecule has 1 aromatic rings. The van der Waals surface area contributed by atoms with Gasteiger partial charge >= 0.3 is 0 Å². The third kappa shape index (κ3) is 3.87. The van der Waals surface area contributed by atoms with Gasteiger partial charge in [0.15, 0.2) is 0 Å². The van der Waals surface area contributed by atoms with E-state index < -0.39 is 5.60 Å². The number of hydrogen-bond acceptors (Lipinski definition) is 3. The molecule has 2 rings (SSSR count). The first kappa shape index (κ1) is 14.2. The summed E-state index contributed by atoms with van der Waals surface area (Å²) in [6.45, 7) is 8.00. The van der Waals surface area contributed by atoms with Crippen LogP contribution in [0.1, 0.15) is 40.0 Å². The second-order valence-corrected chi connectivity index (χ2v) is 6.11. The summed E-state index contributed by atoms with van der Waals surface area (Å²) in [7, 11) is 0. The van der Waals surface area contributed by atoms with E-state index in [2.05, 4.69) is 34.5 Å². The zero-order chi connectivity index (χ0) is 13.9. The van der Waals surface area contributed by atoms with E-state index in [1.807, 2.05) is 20.8 Å². The molecule has 0 aromatic heterocycles. The van der Waals surface area contributed by atoms with Crippen LogP contribution >= 0.6 is 0 Å². The number of aliphatic hydroxyl groups is 1.